The number of hydrogen-bond donors (Lipinski definition) is 2. The number of carbonyl (C=O) groups is 2. The van der Waals surface area contributed by atoms with Crippen molar-refractivity contribution < 1.29 is 19.8 Å². The van der Waals surface area contributed by atoms with Gasteiger partial charge in [-0.25, -0.2) is 9.59 Å². The Bertz CT molecular complexity index is 645. The van der Waals surface area contributed by atoms with E-state index in [9.17, 15) is 19.8 Å². The highest BCUT2D eigenvalue weighted by Gasteiger charge is 2.26. The first kappa shape index (κ1) is 21.0. The van der Waals surface area contributed by atoms with Crippen molar-refractivity contribution in [1.29, 1.82) is 0 Å². The summed E-state index contributed by atoms with van der Waals surface area (Å²) in [5.74, 6) is -2.11. The van der Waals surface area contributed by atoms with Crippen molar-refractivity contribution >= 4 is 27.9 Å². The lowest BCUT2D eigenvalue weighted by Gasteiger charge is -2.24. The highest BCUT2D eigenvalue weighted by atomic mass is 28.1. The Morgan fingerprint density at radius 2 is 1.80 bits per heavy atom. The zero-order valence-corrected chi connectivity index (χ0v) is 17.6. The largest absolute Gasteiger partial charge is 0.478 e. The second kappa shape index (κ2) is 10.0. The van der Waals surface area contributed by atoms with Crippen LogP contribution in [0.3, 0.4) is 0 Å². The van der Waals surface area contributed by atoms with Gasteiger partial charge >= 0.3 is 11.9 Å². The first-order chi connectivity index (χ1) is 11.9. The maximum Gasteiger partial charge on any atom is 0.336 e. The fourth-order valence-electron chi connectivity index (χ4n) is 3.08. The minimum Gasteiger partial charge on any atom is -0.478 e. The van der Waals surface area contributed by atoms with Gasteiger partial charge in [-0.15, -0.1) is 5.70 Å². The van der Waals surface area contributed by atoms with Gasteiger partial charge in [0.15, 0.2) is 0 Å². The van der Waals surface area contributed by atoms with Crippen molar-refractivity contribution in [2.75, 3.05) is 18.0 Å². The van der Waals surface area contributed by atoms with E-state index in [-0.39, 0.29) is 11.1 Å². The van der Waals surface area contributed by atoms with E-state index in [1.807, 2.05) is 13.8 Å². The summed E-state index contributed by atoms with van der Waals surface area (Å²) in [6, 6.07) is 1.65. The van der Waals surface area contributed by atoms with Crippen LogP contribution in [0.5, 0.6) is 0 Å². The van der Waals surface area contributed by atoms with Crippen LogP contribution in [-0.4, -0.2) is 45.5 Å². The lowest BCUT2D eigenvalue weighted by atomic mass is 9.92. The monoisotopic (exact) mass is 363 g/mol. The van der Waals surface area contributed by atoms with Crippen LogP contribution in [-0.2, 0) is 6.42 Å². The second-order valence-corrected chi connectivity index (χ2v) is 6.81. The Balaban J connectivity index is 0.000000705. The van der Waals surface area contributed by atoms with Crippen molar-refractivity contribution in [1.82, 2.24) is 0 Å². The zero-order chi connectivity index (χ0) is 19.0. The molecule has 0 saturated carbocycles. The third-order valence-electron chi connectivity index (χ3n) is 4.40. The first-order valence-corrected chi connectivity index (χ1v) is 9.99. The third kappa shape index (κ3) is 5.19. The molecule has 1 saturated heterocycles. The Morgan fingerprint density at radius 1 is 1.24 bits per heavy atom. The van der Waals surface area contributed by atoms with Crippen molar-refractivity contribution in [3.63, 3.8) is 0 Å². The molecule has 1 heterocycles. The summed E-state index contributed by atoms with van der Waals surface area (Å²) in [7, 11) is 1.21. The minimum absolute atomic E-state index is 0.0918. The van der Waals surface area contributed by atoms with Crippen molar-refractivity contribution in [3.8, 4) is 0 Å². The zero-order valence-electron chi connectivity index (χ0n) is 15.6. The molecule has 1 aromatic rings. The molecule has 6 heteroatoms. The molecule has 0 radical (unpaired) electrons. The van der Waals surface area contributed by atoms with E-state index in [0.717, 1.165) is 43.6 Å². The van der Waals surface area contributed by atoms with Gasteiger partial charge < -0.3 is 15.1 Å². The van der Waals surface area contributed by atoms with Gasteiger partial charge in [-0.1, -0.05) is 19.4 Å². The lowest BCUT2D eigenvalue weighted by molar-refractivity contribution is 0.0695. The lowest BCUT2D eigenvalue weighted by Crippen LogP contribution is -2.23. The van der Waals surface area contributed by atoms with Gasteiger partial charge in [-0.05, 0) is 50.3 Å². The molecule has 2 N–H and O–H groups in total. The number of benzene rings is 1. The van der Waals surface area contributed by atoms with Gasteiger partial charge in [0.1, 0.15) is 0 Å². The van der Waals surface area contributed by atoms with Crippen LogP contribution in [0.15, 0.2) is 17.8 Å². The molecule has 138 valence electrons. The van der Waals surface area contributed by atoms with E-state index in [1.165, 1.54) is 10.2 Å². The summed E-state index contributed by atoms with van der Waals surface area (Å²) in [5.41, 5.74) is 4.30. The molecule has 1 aliphatic heterocycles. The number of aromatic carboxylic acids is 2. The van der Waals surface area contributed by atoms with Crippen LogP contribution in [0.2, 0.25) is 0 Å². The van der Waals surface area contributed by atoms with Crippen LogP contribution in [0, 0.1) is 6.92 Å². The molecule has 0 bridgehead atoms. The van der Waals surface area contributed by atoms with Crippen LogP contribution in [0.1, 0.15) is 65.0 Å². The van der Waals surface area contributed by atoms with E-state index in [4.69, 9.17) is 0 Å². The highest BCUT2D eigenvalue weighted by molar-refractivity contribution is 6.16. The van der Waals surface area contributed by atoms with E-state index < -0.39 is 11.9 Å². The van der Waals surface area contributed by atoms with Gasteiger partial charge in [0, 0.05) is 29.0 Å². The Hall–Kier alpha value is -2.08. The number of carboxylic acid groups (broad SMARTS) is 2. The second-order valence-electron chi connectivity index (χ2n) is 6.14. The Morgan fingerprint density at radius 3 is 2.20 bits per heavy atom. The molecule has 0 atom stereocenters. The van der Waals surface area contributed by atoms with E-state index in [2.05, 4.69) is 16.7 Å². The number of rotatable bonds is 5. The Labute approximate surface area is 152 Å². The molecule has 0 aromatic heterocycles. The summed E-state index contributed by atoms with van der Waals surface area (Å²) in [6.07, 6.45) is 5.65. The predicted octanol–water partition coefficient (Wildman–Crippen LogP) is 2.83. The normalized spacial score (nSPS) is 13.8. The molecule has 0 spiro atoms. The number of nitrogens with zero attached hydrogens (tertiary/aromatic N) is 1. The summed E-state index contributed by atoms with van der Waals surface area (Å²) in [6.45, 7) is 7.34. The molecule has 25 heavy (non-hydrogen) atoms. The summed E-state index contributed by atoms with van der Waals surface area (Å²) in [4.78, 5) is 25.2. The smallest absolute Gasteiger partial charge is 0.336 e. The standard InChI is InChI=1S/C16H21NO4.C3H8Si/c1-3-6-11-13(17-7-4-5-8-17)9-12(15(18)19)10(2)14(11)16(20)21;1-2-3-4/h9H,3-8H2,1-2H3,(H,18,19)(H,20,21);2-3H,1,4H3. The molecule has 2 rings (SSSR count). The minimum atomic E-state index is -1.07. The molecule has 5 nitrogen and oxygen atoms in total. The van der Waals surface area contributed by atoms with Gasteiger partial charge in [0.05, 0.1) is 11.1 Å². The number of allylic oxidation sites excluding steroid dienone is 1. The van der Waals surface area contributed by atoms with Crippen molar-refractivity contribution in [2.45, 2.75) is 46.5 Å². The van der Waals surface area contributed by atoms with Crippen LogP contribution in [0.4, 0.5) is 5.69 Å². The van der Waals surface area contributed by atoms with Crippen molar-refractivity contribution in [2.24, 2.45) is 0 Å². The summed E-state index contributed by atoms with van der Waals surface area (Å²) >= 11 is 0. The van der Waals surface area contributed by atoms with Crippen LogP contribution >= 0.6 is 0 Å². The molecular weight excluding hydrogens is 334 g/mol. The first-order valence-electron chi connectivity index (χ1n) is 8.84. The molecule has 1 aromatic carbocycles. The molecular formula is C19H29NO4Si. The van der Waals surface area contributed by atoms with E-state index >= 15 is 0 Å². The van der Waals surface area contributed by atoms with E-state index in [0.29, 0.717) is 12.0 Å². The van der Waals surface area contributed by atoms with Gasteiger partial charge in [-0.3, -0.25) is 0 Å². The molecule has 0 unspecified atom stereocenters. The van der Waals surface area contributed by atoms with Crippen molar-refractivity contribution in [3.05, 3.63) is 40.1 Å². The fraction of sp³-hybridized carbons (Fsp3) is 0.474. The molecule has 1 fully saturated rings. The van der Waals surface area contributed by atoms with Crippen LogP contribution < -0.4 is 4.90 Å². The Kier molecular flexibility index (Phi) is 8.41. The summed E-state index contributed by atoms with van der Waals surface area (Å²) < 4.78 is 0. The SMILES string of the molecule is CC=C[SiH3].CCCc1c(N2CCCC2)cc(C(=O)O)c(C)c1C(=O)O. The quantitative estimate of drug-likeness (QED) is 0.787. The third-order valence-corrected chi connectivity index (χ3v) is 5.06. The number of hydrogen-bond acceptors (Lipinski definition) is 3. The summed E-state index contributed by atoms with van der Waals surface area (Å²) in [5, 5.41) is 18.9. The average Bonchev–Trinajstić information content (AvgIpc) is 3.09. The number of carboxylic acids is 2. The van der Waals surface area contributed by atoms with Gasteiger partial charge in [0.2, 0.25) is 0 Å². The molecule has 1 aliphatic rings. The highest BCUT2D eigenvalue weighted by Crippen LogP contribution is 2.33. The average molecular weight is 364 g/mol. The fourth-order valence-corrected chi connectivity index (χ4v) is 3.08. The topological polar surface area (TPSA) is 77.8 Å². The van der Waals surface area contributed by atoms with E-state index in [1.54, 1.807) is 13.0 Å². The van der Waals surface area contributed by atoms with Gasteiger partial charge in [-0.2, -0.15) is 0 Å². The maximum absolute atomic E-state index is 11.6. The molecule has 0 aliphatic carbocycles. The number of anilines is 1. The van der Waals surface area contributed by atoms with Crippen LogP contribution in [0.25, 0.3) is 0 Å². The maximum atomic E-state index is 11.6. The predicted molar refractivity (Wildman–Crippen MR) is 105 cm³/mol. The van der Waals surface area contributed by atoms with Gasteiger partial charge in [0.25, 0.3) is 0 Å². The molecule has 0 amide bonds.